The molecule has 0 fully saturated rings. The van der Waals surface area contributed by atoms with Crippen LogP contribution in [0.1, 0.15) is 22.8 Å². The minimum Gasteiger partial charge on any atom is -0.451 e. The summed E-state index contributed by atoms with van der Waals surface area (Å²) in [6.07, 6.45) is -1.04. The largest absolute Gasteiger partial charge is 0.451 e. The number of carbonyl (C=O) groups excluding carboxylic acids is 3. The second-order valence-electron chi connectivity index (χ2n) is 5.36. The summed E-state index contributed by atoms with van der Waals surface area (Å²) in [7, 11) is 0. The summed E-state index contributed by atoms with van der Waals surface area (Å²) in [6.45, 7) is 1.08. The van der Waals surface area contributed by atoms with Gasteiger partial charge in [-0.25, -0.2) is 0 Å². The van der Waals surface area contributed by atoms with Gasteiger partial charge in [0.25, 0.3) is 11.8 Å². The van der Waals surface area contributed by atoms with Crippen LogP contribution in [0.2, 0.25) is 0 Å². The van der Waals surface area contributed by atoms with Gasteiger partial charge in [-0.2, -0.15) is 5.26 Å². The molecule has 0 saturated carbocycles. The lowest BCUT2D eigenvalue weighted by Gasteiger charge is -2.14. The number of hydrogen-bond donors (Lipinski definition) is 2. The Morgan fingerprint density at radius 3 is 2.35 bits per heavy atom. The molecule has 0 aromatic heterocycles. The fourth-order valence-corrected chi connectivity index (χ4v) is 2.01. The predicted octanol–water partition coefficient (Wildman–Crippen LogP) is 1.86. The van der Waals surface area contributed by atoms with Gasteiger partial charge >= 0.3 is 5.97 Å². The molecule has 0 aliphatic carbocycles. The Labute approximate surface area is 150 Å². The lowest BCUT2D eigenvalue weighted by Crippen LogP contribution is -2.35. The van der Waals surface area contributed by atoms with Crippen molar-refractivity contribution in [3.05, 3.63) is 65.7 Å². The second kappa shape index (κ2) is 8.99. The number of carbonyl (C=O) groups is 3. The Kier molecular flexibility index (Phi) is 6.46. The van der Waals surface area contributed by atoms with E-state index in [1.807, 2.05) is 6.07 Å². The number of hydrogen-bond acceptors (Lipinski definition) is 5. The van der Waals surface area contributed by atoms with E-state index >= 15 is 0 Å². The molecular formula is C19H17N3O4. The van der Waals surface area contributed by atoms with Gasteiger partial charge in [-0.3, -0.25) is 14.4 Å². The van der Waals surface area contributed by atoms with Crippen LogP contribution in [0.3, 0.4) is 0 Å². The van der Waals surface area contributed by atoms with Gasteiger partial charge < -0.3 is 15.4 Å². The highest BCUT2D eigenvalue weighted by atomic mass is 16.5. The summed E-state index contributed by atoms with van der Waals surface area (Å²) in [6, 6.07) is 16.7. The third kappa shape index (κ3) is 5.46. The van der Waals surface area contributed by atoms with Crippen LogP contribution in [-0.2, 0) is 14.3 Å². The third-order valence-electron chi connectivity index (χ3n) is 3.39. The first-order valence-corrected chi connectivity index (χ1v) is 7.83. The number of esters is 1. The molecule has 26 heavy (non-hydrogen) atoms. The van der Waals surface area contributed by atoms with Crippen molar-refractivity contribution >= 4 is 23.5 Å². The van der Waals surface area contributed by atoms with Crippen LogP contribution in [0.15, 0.2) is 54.6 Å². The van der Waals surface area contributed by atoms with E-state index in [1.165, 1.54) is 6.92 Å². The zero-order chi connectivity index (χ0) is 18.9. The van der Waals surface area contributed by atoms with Crippen LogP contribution in [0.4, 0.5) is 5.69 Å². The summed E-state index contributed by atoms with van der Waals surface area (Å²) < 4.78 is 5.00. The summed E-state index contributed by atoms with van der Waals surface area (Å²) in [4.78, 5) is 35.6. The van der Waals surface area contributed by atoms with Crippen molar-refractivity contribution in [3.8, 4) is 6.07 Å². The van der Waals surface area contributed by atoms with Crippen molar-refractivity contribution < 1.29 is 19.1 Å². The number of benzene rings is 2. The zero-order valence-electron chi connectivity index (χ0n) is 14.1. The molecule has 2 rings (SSSR count). The molecule has 1 atom stereocenters. The molecular weight excluding hydrogens is 334 g/mol. The lowest BCUT2D eigenvalue weighted by molar-refractivity contribution is -0.152. The fourth-order valence-electron chi connectivity index (χ4n) is 2.01. The highest BCUT2D eigenvalue weighted by molar-refractivity contribution is 5.97. The number of nitrogens with one attached hydrogen (secondary N) is 2. The van der Waals surface area contributed by atoms with E-state index in [2.05, 4.69) is 10.6 Å². The Hall–Kier alpha value is -3.66. The van der Waals surface area contributed by atoms with Gasteiger partial charge in [0.1, 0.15) is 6.54 Å². The van der Waals surface area contributed by atoms with Crippen LogP contribution < -0.4 is 10.6 Å². The minimum atomic E-state index is -1.04. The summed E-state index contributed by atoms with van der Waals surface area (Å²) in [5, 5.41) is 13.7. The molecule has 132 valence electrons. The maximum absolute atomic E-state index is 12.0. The molecule has 2 amide bonds. The van der Waals surface area contributed by atoms with Crippen LogP contribution in [0.5, 0.6) is 0 Å². The normalized spacial score (nSPS) is 10.9. The van der Waals surface area contributed by atoms with Crippen LogP contribution in [-0.4, -0.2) is 30.4 Å². The number of amides is 2. The first-order chi connectivity index (χ1) is 12.5. The first kappa shape index (κ1) is 18.7. The van der Waals surface area contributed by atoms with E-state index in [-0.39, 0.29) is 6.54 Å². The molecule has 7 heteroatoms. The molecule has 0 spiro atoms. The maximum atomic E-state index is 12.0. The van der Waals surface area contributed by atoms with Gasteiger partial charge in [-0.1, -0.05) is 18.2 Å². The second-order valence-corrected chi connectivity index (χ2v) is 5.36. The van der Waals surface area contributed by atoms with Crippen molar-refractivity contribution in [1.82, 2.24) is 5.32 Å². The zero-order valence-corrected chi connectivity index (χ0v) is 14.1. The van der Waals surface area contributed by atoms with E-state index in [0.29, 0.717) is 16.8 Å². The van der Waals surface area contributed by atoms with Crippen molar-refractivity contribution in [2.24, 2.45) is 0 Å². The van der Waals surface area contributed by atoms with Gasteiger partial charge in [-0.05, 0) is 43.3 Å². The van der Waals surface area contributed by atoms with Crippen molar-refractivity contribution in [2.75, 3.05) is 11.9 Å². The molecule has 2 aromatic carbocycles. The van der Waals surface area contributed by atoms with Gasteiger partial charge in [-0.15, -0.1) is 0 Å². The smallest absolute Gasteiger partial charge is 0.326 e. The Morgan fingerprint density at radius 1 is 1.08 bits per heavy atom. The van der Waals surface area contributed by atoms with Gasteiger partial charge in [0.05, 0.1) is 11.6 Å². The fraction of sp³-hybridized carbons (Fsp3) is 0.158. The topological polar surface area (TPSA) is 108 Å². The summed E-state index contributed by atoms with van der Waals surface area (Å²) in [5.41, 5.74) is 1.37. The van der Waals surface area contributed by atoms with Crippen molar-refractivity contribution in [3.63, 3.8) is 0 Å². The SMILES string of the molecule is C[C@H](OC(=O)CNC(=O)c1ccccc1)C(=O)Nc1ccc(C#N)cc1. The Morgan fingerprint density at radius 2 is 1.73 bits per heavy atom. The molecule has 0 saturated heterocycles. The van der Waals surface area contributed by atoms with E-state index in [1.54, 1.807) is 54.6 Å². The minimum absolute atomic E-state index is 0.345. The molecule has 0 bridgehead atoms. The number of anilines is 1. The standard InChI is InChI=1S/C19H17N3O4/c1-13(18(24)22-16-9-7-14(11-20)8-10-16)26-17(23)12-21-19(25)15-5-3-2-4-6-15/h2-10,13H,12H2,1H3,(H,21,25)(H,22,24)/t13-/m0/s1. The monoisotopic (exact) mass is 351 g/mol. The first-order valence-electron chi connectivity index (χ1n) is 7.83. The molecule has 0 unspecified atom stereocenters. The Bertz CT molecular complexity index is 826. The molecule has 0 radical (unpaired) electrons. The number of ether oxygens (including phenoxy) is 1. The number of nitrogens with zero attached hydrogens (tertiary/aromatic N) is 1. The van der Waals surface area contributed by atoms with E-state index in [0.717, 1.165) is 0 Å². The highest BCUT2D eigenvalue weighted by Crippen LogP contribution is 2.09. The van der Waals surface area contributed by atoms with Gasteiger partial charge in [0.2, 0.25) is 0 Å². The molecule has 2 aromatic rings. The van der Waals surface area contributed by atoms with Crippen molar-refractivity contribution in [1.29, 1.82) is 5.26 Å². The van der Waals surface area contributed by atoms with Crippen LogP contribution in [0.25, 0.3) is 0 Å². The van der Waals surface area contributed by atoms with E-state index < -0.39 is 23.9 Å². The number of nitriles is 1. The van der Waals surface area contributed by atoms with E-state index in [4.69, 9.17) is 10.00 Å². The molecule has 0 heterocycles. The van der Waals surface area contributed by atoms with E-state index in [9.17, 15) is 14.4 Å². The molecule has 0 aliphatic rings. The Balaban J connectivity index is 1.79. The molecule has 0 aliphatic heterocycles. The summed E-state index contributed by atoms with van der Waals surface area (Å²) in [5.74, 6) is -1.65. The predicted molar refractivity (Wildman–Crippen MR) is 94.1 cm³/mol. The number of rotatable bonds is 6. The highest BCUT2D eigenvalue weighted by Gasteiger charge is 2.18. The molecule has 7 nitrogen and oxygen atoms in total. The third-order valence-corrected chi connectivity index (χ3v) is 3.39. The maximum Gasteiger partial charge on any atom is 0.326 e. The average Bonchev–Trinajstić information content (AvgIpc) is 2.67. The van der Waals surface area contributed by atoms with Gasteiger partial charge in [0.15, 0.2) is 6.10 Å². The summed E-state index contributed by atoms with van der Waals surface area (Å²) >= 11 is 0. The molecule has 2 N–H and O–H groups in total. The lowest BCUT2D eigenvalue weighted by atomic mass is 10.2. The van der Waals surface area contributed by atoms with Crippen LogP contribution in [0, 0.1) is 11.3 Å². The van der Waals surface area contributed by atoms with Crippen molar-refractivity contribution in [2.45, 2.75) is 13.0 Å². The van der Waals surface area contributed by atoms with Crippen LogP contribution >= 0.6 is 0 Å². The quantitative estimate of drug-likeness (QED) is 0.772. The average molecular weight is 351 g/mol. The van der Waals surface area contributed by atoms with Gasteiger partial charge in [0, 0.05) is 11.3 Å².